The number of thiophene rings is 1. The lowest BCUT2D eigenvalue weighted by Crippen LogP contribution is -2.27. The lowest BCUT2D eigenvalue weighted by molar-refractivity contribution is 0.559. The van der Waals surface area contributed by atoms with Crippen LogP contribution in [0, 0.1) is 0 Å². The summed E-state index contributed by atoms with van der Waals surface area (Å²) < 4.78 is 27.8. The van der Waals surface area contributed by atoms with E-state index >= 15 is 0 Å². The minimum Gasteiger partial charge on any atom is -0.330 e. The van der Waals surface area contributed by atoms with Crippen molar-refractivity contribution in [3.63, 3.8) is 0 Å². The minimum atomic E-state index is -3.46. The highest BCUT2D eigenvalue weighted by atomic mass is 32.2. The summed E-state index contributed by atoms with van der Waals surface area (Å²) in [6, 6.07) is 9.03. The first-order valence-corrected chi connectivity index (χ1v) is 12.1. The SMILES string of the molecule is NCCCNCCCCNCCCNS(=O)(=O)c1ccc(-c2ccccn2)s1. The Balaban J connectivity index is 1.58. The van der Waals surface area contributed by atoms with Gasteiger partial charge in [0.05, 0.1) is 10.6 Å². The molecule has 2 aromatic heterocycles. The molecule has 0 aliphatic heterocycles. The van der Waals surface area contributed by atoms with Crippen molar-refractivity contribution in [2.75, 3.05) is 39.3 Å². The van der Waals surface area contributed by atoms with Crippen LogP contribution in [0.2, 0.25) is 0 Å². The molecule has 2 rings (SSSR count). The van der Waals surface area contributed by atoms with Gasteiger partial charge in [-0.3, -0.25) is 4.98 Å². The minimum absolute atomic E-state index is 0.322. The van der Waals surface area contributed by atoms with Gasteiger partial charge in [0.15, 0.2) is 0 Å². The number of sulfonamides is 1. The van der Waals surface area contributed by atoms with Gasteiger partial charge in [-0.1, -0.05) is 6.07 Å². The fraction of sp³-hybridized carbons (Fsp3) is 0.526. The Bertz CT molecular complexity index is 766. The summed E-state index contributed by atoms with van der Waals surface area (Å²) in [5.74, 6) is 0. The number of rotatable bonds is 15. The van der Waals surface area contributed by atoms with Crippen molar-refractivity contribution in [2.24, 2.45) is 5.73 Å². The summed E-state index contributed by atoms with van der Waals surface area (Å²) in [4.78, 5) is 5.11. The number of unbranched alkanes of at least 4 members (excludes halogenated alkanes) is 1. The van der Waals surface area contributed by atoms with E-state index in [1.807, 2.05) is 18.2 Å². The molecule has 156 valence electrons. The Kier molecular flexibility index (Phi) is 10.6. The second-order valence-electron chi connectivity index (χ2n) is 6.43. The van der Waals surface area contributed by atoms with Gasteiger partial charge in [-0.25, -0.2) is 13.1 Å². The predicted octanol–water partition coefficient (Wildman–Crippen LogP) is 1.79. The van der Waals surface area contributed by atoms with Gasteiger partial charge in [-0.15, -0.1) is 11.3 Å². The molecule has 0 spiro atoms. The molecule has 28 heavy (non-hydrogen) atoms. The number of aromatic nitrogens is 1. The van der Waals surface area contributed by atoms with Crippen molar-refractivity contribution in [3.05, 3.63) is 36.5 Å². The summed E-state index contributed by atoms with van der Waals surface area (Å²) in [5.41, 5.74) is 6.22. The summed E-state index contributed by atoms with van der Waals surface area (Å²) in [6.45, 7) is 4.90. The monoisotopic (exact) mass is 425 g/mol. The molecule has 7 nitrogen and oxygen atoms in total. The van der Waals surface area contributed by atoms with Crippen LogP contribution in [0.4, 0.5) is 0 Å². The van der Waals surface area contributed by atoms with E-state index in [1.165, 1.54) is 11.3 Å². The largest absolute Gasteiger partial charge is 0.330 e. The molecule has 0 saturated carbocycles. The average molecular weight is 426 g/mol. The molecule has 0 saturated heterocycles. The molecular weight excluding hydrogens is 394 g/mol. The molecule has 0 aliphatic rings. The topological polar surface area (TPSA) is 109 Å². The normalized spacial score (nSPS) is 11.8. The number of nitrogens with zero attached hydrogens (tertiary/aromatic N) is 1. The van der Waals surface area contributed by atoms with Gasteiger partial charge >= 0.3 is 0 Å². The fourth-order valence-corrected chi connectivity index (χ4v) is 4.98. The van der Waals surface area contributed by atoms with E-state index in [1.54, 1.807) is 18.3 Å². The van der Waals surface area contributed by atoms with Gasteiger partial charge in [-0.05, 0) is 82.7 Å². The smallest absolute Gasteiger partial charge is 0.250 e. The van der Waals surface area contributed by atoms with Crippen LogP contribution in [0.25, 0.3) is 10.6 Å². The number of nitrogens with two attached hydrogens (primary N) is 1. The standard InChI is InChI=1S/C19H31N5O2S2/c20-10-5-13-21-11-3-4-12-22-14-6-16-24-28(25,26)19-9-8-18(27-19)17-7-1-2-15-23-17/h1-2,7-9,15,21-22,24H,3-6,10-14,16,20H2. The van der Waals surface area contributed by atoms with Crippen LogP contribution >= 0.6 is 11.3 Å². The molecule has 2 heterocycles. The molecule has 0 aromatic carbocycles. The Morgan fingerprint density at radius 1 is 0.893 bits per heavy atom. The van der Waals surface area contributed by atoms with Gasteiger partial charge in [0.1, 0.15) is 4.21 Å². The van der Waals surface area contributed by atoms with Crippen molar-refractivity contribution >= 4 is 21.4 Å². The molecule has 5 N–H and O–H groups in total. The van der Waals surface area contributed by atoms with E-state index in [0.717, 1.165) is 69.0 Å². The number of hydrogen-bond donors (Lipinski definition) is 4. The zero-order valence-corrected chi connectivity index (χ0v) is 17.8. The fourth-order valence-electron chi connectivity index (χ4n) is 2.58. The van der Waals surface area contributed by atoms with Gasteiger partial charge in [0.2, 0.25) is 10.0 Å². The molecule has 9 heteroatoms. The zero-order valence-electron chi connectivity index (χ0n) is 16.2. The highest BCUT2D eigenvalue weighted by Crippen LogP contribution is 2.29. The summed E-state index contributed by atoms with van der Waals surface area (Å²) in [6.07, 6.45) is 5.71. The van der Waals surface area contributed by atoms with E-state index in [4.69, 9.17) is 5.73 Å². The predicted molar refractivity (Wildman–Crippen MR) is 116 cm³/mol. The van der Waals surface area contributed by atoms with Crippen molar-refractivity contribution in [2.45, 2.75) is 29.9 Å². The molecule has 0 unspecified atom stereocenters. The molecule has 0 radical (unpaired) electrons. The molecular formula is C19H31N5O2S2. The maximum atomic E-state index is 12.4. The van der Waals surface area contributed by atoms with Crippen molar-refractivity contribution in [1.29, 1.82) is 0 Å². The zero-order chi connectivity index (χ0) is 20.1. The lowest BCUT2D eigenvalue weighted by Gasteiger charge is -2.07. The summed E-state index contributed by atoms with van der Waals surface area (Å²) in [7, 11) is -3.46. The van der Waals surface area contributed by atoms with Gasteiger partial charge in [0, 0.05) is 12.7 Å². The third kappa shape index (κ3) is 8.34. The Labute approximate surface area is 172 Å². The number of pyridine rings is 1. The highest BCUT2D eigenvalue weighted by Gasteiger charge is 2.16. The van der Waals surface area contributed by atoms with E-state index in [-0.39, 0.29) is 0 Å². The van der Waals surface area contributed by atoms with Crippen molar-refractivity contribution in [1.82, 2.24) is 20.3 Å². The highest BCUT2D eigenvalue weighted by molar-refractivity contribution is 7.91. The second kappa shape index (κ2) is 13.0. The lowest BCUT2D eigenvalue weighted by atomic mass is 10.3. The van der Waals surface area contributed by atoms with Gasteiger partial charge < -0.3 is 16.4 Å². The van der Waals surface area contributed by atoms with Gasteiger partial charge in [0.25, 0.3) is 0 Å². The second-order valence-corrected chi connectivity index (χ2v) is 9.51. The molecule has 0 atom stereocenters. The van der Waals surface area contributed by atoms with Crippen LogP contribution in [0.15, 0.2) is 40.7 Å². The number of hydrogen-bond acceptors (Lipinski definition) is 7. The van der Waals surface area contributed by atoms with Crippen molar-refractivity contribution in [3.8, 4) is 10.6 Å². The Morgan fingerprint density at radius 2 is 1.61 bits per heavy atom. The van der Waals surface area contributed by atoms with E-state index < -0.39 is 10.0 Å². The maximum absolute atomic E-state index is 12.4. The van der Waals surface area contributed by atoms with Crippen LogP contribution in [0.5, 0.6) is 0 Å². The molecule has 0 bridgehead atoms. The Morgan fingerprint density at radius 3 is 2.29 bits per heavy atom. The average Bonchev–Trinajstić information content (AvgIpc) is 3.21. The first-order chi connectivity index (χ1) is 13.6. The molecule has 0 fully saturated rings. The van der Waals surface area contributed by atoms with E-state index in [0.29, 0.717) is 10.8 Å². The quantitative estimate of drug-likeness (QED) is 0.324. The number of nitrogens with one attached hydrogen (secondary N) is 3. The maximum Gasteiger partial charge on any atom is 0.250 e. The summed E-state index contributed by atoms with van der Waals surface area (Å²) >= 11 is 1.24. The van der Waals surface area contributed by atoms with Crippen molar-refractivity contribution < 1.29 is 8.42 Å². The van der Waals surface area contributed by atoms with Crippen LogP contribution in [-0.2, 0) is 10.0 Å². The third-order valence-electron chi connectivity index (χ3n) is 4.10. The first-order valence-electron chi connectivity index (χ1n) is 9.76. The van der Waals surface area contributed by atoms with Crippen LogP contribution < -0.4 is 21.1 Å². The van der Waals surface area contributed by atoms with Crippen LogP contribution in [0.1, 0.15) is 25.7 Å². The first kappa shape index (κ1) is 22.9. The van der Waals surface area contributed by atoms with Crippen LogP contribution in [0.3, 0.4) is 0 Å². The van der Waals surface area contributed by atoms with Crippen LogP contribution in [-0.4, -0.2) is 52.7 Å². The molecule has 0 amide bonds. The van der Waals surface area contributed by atoms with Gasteiger partial charge in [-0.2, -0.15) is 0 Å². The van der Waals surface area contributed by atoms with E-state index in [9.17, 15) is 8.42 Å². The van der Waals surface area contributed by atoms with E-state index in [2.05, 4.69) is 20.3 Å². The molecule has 0 aliphatic carbocycles. The summed E-state index contributed by atoms with van der Waals surface area (Å²) in [5, 5.41) is 6.71. The Hall–Kier alpha value is -1.36. The third-order valence-corrected chi connectivity index (χ3v) is 7.16. The molecule has 2 aromatic rings.